The standard InChI is InChI=1S/C23H41N5O/c1-20-17-26-14-16-28(20)15-9-7-5-3-2-4-6-8-12-22(24)19-27-23(29)21-11-10-13-25-18-21/h10-11,13,18,20,22,26H,2-9,12,14-17,19,24H2,1H3,(H,27,29). The number of nitrogens with zero attached hydrogens (tertiary/aromatic N) is 2. The van der Waals surface area contributed by atoms with Crippen molar-refractivity contribution in [3.8, 4) is 0 Å². The first-order valence-corrected chi connectivity index (χ1v) is 11.6. The molecule has 1 aliphatic rings. The van der Waals surface area contributed by atoms with Crippen LogP contribution in [0.2, 0.25) is 0 Å². The molecule has 1 saturated heterocycles. The van der Waals surface area contributed by atoms with E-state index in [2.05, 4.69) is 27.4 Å². The van der Waals surface area contributed by atoms with Crippen LogP contribution in [0.4, 0.5) is 0 Å². The Kier molecular flexibility index (Phi) is 11.9. The normalized spacial score (nSPS) is 18.5. The Balaban J connectivity index is 1.37. The van der Waals surface area contributed by atoms with Crippen LogP contribution in [0.5, 0.6) is 0 Å². The van der Waals surface area contributed by atoms with E-state index in [1.54, 1.807) is 24.5 Å². The van der Waals surface area contributed by atoms with Gasteiger partial charge in [-0.2, -0.15) is 0 Å². The fourth-order valence-corrected chi connectivity index (χ4v) is 3.92. The van der Waals surface area contributed by atoms with E-state index in [1.807, 2.05) is 0 Å². The molecule has 1 amide bonds. The average molecular weight is 404 g/mol. The zero-order valence-corrected chi connectivity index (χ0v) is 18.2. The molecule has 0 aromatic carbocycles. The van der Waals surface area contributed by atoms with E-state index in [0.717, 1.165) is 25.9 Å². The van der Waals surface area contributed by atoms with E-state index in [0.29, 0.717) is 18.2 Å². The minimum absolute atomic E-state index is 0.0306. The second-order valence-corrected chi connectivity index (χ2v) is 8.42. The van der Waals surface area contributed by atoms with E-state index in [-0.39, 0.29) is 11.9 Å². The molecule has 0 bridgehead atoms. The van der Waals surface area contributed by atoms with Gasteiger partial charge in [-0.3, -0.25) is 14.7 Å². The lowest BCUT2D eigenvalue weighted by molar-refractivity contribution is 0.0950. The molecule has 1 aliphatic heterocycles. The van der Waals surface area contributed by atoms with E-state index < -0.39 is 0 Å². The minimum Gasteiger partial charge on any atom is -0.350 e. The summed E-state index contributed by atoms with van der Waals surface area (Å²) >= 11 is 0. The number of carbonyl (C=O) groups excluding carboxylic acids is 1. The molecule has 4 N–H and O–H groups in total. The van der Waals surface area contributed by atoms with Gasteiger partial charge in [0, 0.05) is 50.7 Å². The van der Waals surface area contributed by atoms with Crippen LogP contribution in [0.3, 0.4) is 0 Å². The fourth-order valence-electron chi connectivity index (χ4n) is 3.92. The molecular formula is C23H41N5O. The van der Waals surface area contributed by atoms with Gasteiger partial charge >= 0.3 is 0 Å². The highest BCUT2D eigenvalue weighted by Crippen LogP contribution is 2.12. The monoisotopic (exact) mass is 403 g/mol. The molecule has 6 nitrogen and oxygen atoms in total. The molecule has 2 atom stereocenters. The number of aromatic nitrogens is 1. The highest BCUT2D eigenvalue weighted by Gasteiger charge is 2.16. The lowest BCUT2D eigenvalue weighted by atomic mass is 10.0. The van der Waals surface area contributed by atoms with Crippen molar-refractivity contribution in [1.29, 1.82) is 0 Å². The number of nitrogens with two attached hydrogens (primary N) is 1. The Hall–Kier alpha value is -1.50. The van der Waals surface area contributed by atoms with Gasteiger partial charge in [-0.05, 0) is 38.4 Å². The number of pyridine rings is 1. The summed E-state index contributed by atoms with van der Waals surface area (Å²) in [6.07, 6.45) is 14.6. The molecule has 29 heavy (non-hydrogen) atoms. The first-order valence-electron chi connectivity index (χ1n) is 11.6. The number of hydrogen-bond donors (Lipinski definition) is 3. The molecule has 1 fully saturated rings. The summed E-state index contributed by atoms with van der Waals surface area (Å²) in [6.45, 7) is 7.60. The van der Waals surface area contributed by atoms with Crippen molar-refractivity contribution in [1.82, 2.24) is 20.5 Å². The highest BCUT2D eigenvalue weighted by atomic mass is 16.1. The number of piperazine rings is 1. The predicted molar refractivity (Wildman–Crippen MR) is 120 cm³/mol. The van der Waals surface area contributed by atoms with E-state index >= 15 is 0 Å². The molecule has 1 aromatic rings. The molecule has 2 heterocycles. The zero-order chi connectivity index (χ0) is 20.7. The molecule has 0 saturated carbocycles. The van der Waals surface area contributed by atoms with Crippen LogP contribution >= 0.6 is 0 Å². The zero-order valence-electron chi connectivity index (χ0n) is 18.2. The number of unbranched alkanes of at least 4 members (excludes halogenated alkanes) is 7. The highest BCUT2D eigenvalue weighted by molar-refractivity contribution is 5.93. The molecule has 2 unspecified atom stereocenters. The summed E-state index contributed by atoms with van der Waals surface area (Å²) < 4.78 is 0. The van der Waals surface area contributed by atoms with Crippen molar-refractivity contribution in [2.45, 2.75) is 76.8 Å². The minimum atomic E-state index is -0.0973. The Labute approximate surface area is 177 Å². The average Bonchev–Trinajstić information content (AvgIpc) is 2.75. The van der Waals surface area contributed by atoms with Crippen LogP contribution < -0.4 is 16.4 Å². The summed E-state index contributed by atoms with van der Waals surface area (Å²) in [7, 11) is 0. The third-order valence-corrected chi connectivity index (χ3v) is 5.86. The van der Waals surface area contributed by atoms with Gasteiger partial charge in [-0.1, -0.05) is 44.9 Å². The van der Waals surface area contributed by atoms with Crippen molar-refractivity contribution in [3.05, 3.63) is 30.1 Å². The smallest absolute Gasteiger partial charge is 0.252 e. The predicted octanol–water partition coefficient (Wildman–Crippen LogP) is 2.94. The van der Waals surface area contributed by atoms with Gasteiger partial charge in [0.15, 0.2) is 0 Å². The van der Waals surface area contributed by atoms with Gasteiger partial charge < -0.3 is 16.4 Å². The first kappa shape index (κ1) is 23.8. The van der Waals surface area contributed by atoms with Crippen LogP contribution in [-0.4, -0.2) is 60.6 Å². The van der Waals surface area contributed by atoms with Gasteiger partial charge in [-0.15, -0.1) is 0 Å². The molecular weight excluding hydrogens is 362 g/mol. The van der Waals surface area contributed by atoms with Gasteiger partial charge in [0.05, 0.1) is 5.56 Å². The number of nitrogens with one attached hydrogen (secondary N) is 2. The van der Waals surface area contributed by atoms with Crippen molar-refractivity contribution in [3.63, 3.8) is 0 Å². The Bertz CT molecular complexity index is 553. The SMILES string of the molecule is CC1CNCCN1CCCCCCCCCCC(N)CNC(=O)c1cccnc1. The molecule has 0 aliphatic carbocycles. The van der Waals surface area contributed by atoms with Gasteiger partial charge in [-0.25, -0.2) is 0 Å². The maximum Gasteiger partial charge on any atom is 0.252 e. The van der Waals surface area contributed by atoms with E-state index in [9.17, 15) is 4.79 Å². The van der Waals surface area contributed by atoms with E-state index in [4.69, 9.17) is 5.73 Å². The maximum absolute atomic E-state index is 12.0. The van der Waals surface area contributed by atoms with Crippen LogP contribution in [0.1, 0.15) is 75.1 Å². The summed E-state index contributed by atoms with van der Waals surface area (Å²) in [5, 5.41) is 6.35. The lowest BCUT2D eigenvalue weighted by Crippen LogP contribution is -2.49. The third-order valence-electron chi connectivity index (χ3n) is 5.86. The van der Waals surface area contributed by atoms with Crippen LogP contribution in [0.25, 0.3) is 0 Å². The summed E-state index contributed by atoms with van der Waals surface area (Å²) in [6, 6.07) is 4.25. The fraction of sp³-hybridized carbons (Fsp3) is 0.739. The van der Waals surface area contributed by atoms with Crippen molar-refractivity contribution in [2.75, 3.05) is 32.7 Å². The van der Waals surface area contributed by atoms with Gasteiger partial charge in [0.2, 0.25) is 0 Å². The molecule has 0 spiro atoms. The number of amides is 1. The van der Waals surface area contributed by atoms with Crippen molar-refractivity contribution >= 4 is 5.91 Å². The second-order valence-electron chi connectivity index (χ2n) is 8.42. The third kappa shape index (κ3) is 10.2. The first-order chi connectivity index (χ1) is 14.2. The molecule has 6 heteroatoms. The largest absolute Gasteiger partial charge is 0.350 e. The Morgan fingerprint density at radius 1 is 1.24 bits per heavy atom. The quantitative estimate of drug-likeness (QED) is 0.416. The lowest BCUT2D eigenvalue weighted by Gasteiger charge is -2.33. The van der Waals surface area contributed by atoms with Crippen LogP contribution in [0, 0.1) is 0 Å². The second kappa shape index (κ2) is 14.5. The topological polar surface area (TPSA) is 83.3 Å². The van der Waals surface area contributed by atoms with Crippen LogP contribution in [-0.2, 0) is 0 Å². The molecule has 1 aromatic heterocycles. The summed E-state index contributed by atoms with van der Waals surface area (Å²) in [5.41, 5.74) is 6.71. The van der Waals surface area contributed by atoms with E-state index in [1.165, 1.54) is 58.0 Å². The van der Waals surface area contributed by atoms with Gasteiger partial charge in [0.1, 0.15) is 0 Å². The Morgan fingerprint density at radius 2 is 1.97 bits per heavy atom. The number of rotatable bonds is 14. The Morgan fingerprint density at radius 3 is 2.66 bits per heavy atom. The van der Waals surface area contributed by atoms with Gasteiger partial charge in [0.25, 0.3) is 5.91 Å². The van der Waals surface area contributed by atoms with Crippen LogP contribution in [0.15, 0.2) is 24.5 Å². The number of carbonyl (C=O) groups is 1. The summed E-state index contributed by atoms with van der Waals surface area (Å²) in [5.74, 6) is -0.0973. The number of hydrogen-bond acceptors (Lipinski definition) is 5. The maximum atomic E-state index is 12.0. The van der Waals surface area contributed by atoms with Crippen molar-refractivity contribution in [2.24, 2.45) is 5.73 Å². The molecule has 2 rings (SSSR count). The molecule has 0 radical (unpaired) electrons. The molecule has 164 valence electrons. The van der Waals surface area contributed by atoms with Crippen molar-refractivity contribution < 1.29 is 4.79 Å². The summed E-state index contributed by atoms with van der Waals surface area (Å²) in [4.78, 5) is 18.6.